The van der Waals surface area contributed by atoms with Crippen LogP contribution in [-0.4, -0.2) is 10.9 Å². The largest absolute Gasteiger partial charge is 0.397 e. The molecule has 0 unspecified atom stereocenters. The first kappa shape index (κ1) is 13.6. The maximum Gasteiger partial charge on any atom is 0.257 e. The summed E-state index contributed by atoms with van der Waals surface area (Å²) in [6, 6.07) is 2.92. The smallest absolute Gasteiger partial charge is 0.257 e. The van der Waals surface area contributed by atoms with Crippen LogP contribution < -0.4 is 11.1 Å². The molecule has 0 fully saturated rings. The van der Waals surface area contributed by atoms with Crippen LogP contribution in [0, 0.1) is 0 Å². The van der Waals surface area contributed by atoms with E-state index in [0.717, 1.165) is 3.79 Å². The number of carbonyl (C=O) groups is 1. The number of amides is 1. The Labute approximate surface area is 125 Å². The lowest BCUT2D eigenvalue weighted by Gasteiger charge is -2.05. The predicted octanol–water partition coefficient (Wildman–Crippen LogP) is 4.05. The van der Waals surface area contributed by atoms with Crippen molar-refractivity contribution in [2.24, 2.45) is 0 Å². The molecular weight excluding hydrogens is 361 g/mol. The molecule has 0 bridgehead atoms. The second-order valence-electron chi connectivity index (χ2n) is 3.28. The number of aromatic nitrogens is 1. The van der Waals surface area contributed by atoms with E-state index in [1.165, 1.54) is 23.5 Å². The quantitative estimate of drug-likeness (QED) is 0.788. The molecule has 0 aliphatic heterocycles. The van der Waals surface area contributed by atoms with E-state index in [1.807, 2.05) is 0 Å². The van der Waals surface area contributed by atoms with E-state index in [2.05, 4.69) is 26.2 Å². The number of carbonyl (C=O) groups excluding carboxylic acids is 1. The molecule has 2 rings (SSSR count). The van der Waals surface area contributed by atoms with Gasteiger partial charge in [0.2, 0.25) is 0 Å². The Morgan fingerprint density at radius 2 is 2.17 bits per heavy atom. The zero-order valence-corrected chi connectivity index (χ0v) is 12.6. The Balaban J connectivity index is 2.24. The van der Waals surface area contributed by atoms with Crippen molar-refractivity contribution in [1.82, 2.24) is 4.98 Å². The van der Waals surface area contributed by atoms with Crippen LogP contribution in [0.4, 0.5) is 10.8 Å². The van der Waals surface area contributed by atoms with Crippen LogP contribution in [0.1, 0.15) is 10.4 Å². The summed E-state index contributed by atoms with van der Waals surface area (Å²) in [5.74, 6) is -0.345. The Bertz CT molecular complexity index is 594. The monoisotopic (exact) mass is 365 g/mol. The molecule has 1 aromatic carbocycles. The fourth-order valence-corrected chi connectivity index (χ4v) is 2.66. The van der Waals surface area contributed by atoms with Crippen LogP contribution in [0.3, 0.4) is 0 Å². The maximum absolute atomic E-state index is 11.9. The van der Waals surface area contributed by atoms with Crippen molar-refractivity contribution in [3.8, 4) is 0 Å². The van der Waals surface area contributed by atoms with Gasteiger partial charge in [0.25, 0.3) is 5.91 Å². The molecule has 1 aromatic heterocycles. The van der Waals surface area contributed by atoms with Crippen LogP contribution in [0.5, 0.6) is 0 Å². The molecule has 2 aromatic rings. The average Bonchev–Trinajstić information content (AvgIpc) is 2.71. The SMILES string of the molecule is Nc1cc(C(=O)Nc2ncc(Br)s2)cc(Cl)c1Cl. The minimum absolute atomic E-state index is 0.238. The fraction of sp³-hybridized carbons (Fsp3) is 0. The molecular formula is C10H6BrCl2N3OS. The second-order valence-corrected chi connectivity index (χ2v) is 6.48. The number of halogens is 3. The van der Waals surface area contributed by atoms with E-state index in [0.29, 0.717) is 10.7 Å². The van der Waals surface area contributed by atoms with Crippen molar-refractivity contribution in [3.63, 3.8) is 0 Å². The fourth-order valence-electron chi connectivity index (χ4n) is 1.22. The Morgan fingerprint density at radius 1 is 1.44 bits per heavy atom. The van der Waals surface area contributed by atoms with Gasteiger partial charge in [-0.15, -0.1) is 0 Å². The third kappa shape index (κ3) is 2.95. The van der Waals surface area contributed by atoms with Crippen LogP contribution in [-0.2, 0) is 0 Å². The van der Waals surface area contributed by atoms with Crippen molar-refractivity contribution in [2.45, 2.75) is 0 Å². The van der Waals surface area contributed by atoms with Gasteiger partial charge >= 0.3 is 0 Å². The van der Waals surface area contributed by atoms with E-state index in [-0.39, 0.29) is 21.6 Å². The number of nitrogens with two attached hydrogens (primary N) is 1. The van der Waals surface area contributed by atoms with E-state index < -0.39 is 0 Å². The van der Waals surface area contributed by atoms with Crippen LogP contribution in [0.2, 0.25) is 10.0 Å². The number of rotatable bonds is 2. The first-order valence-corrected chi connectivity index (χ1v) is 7.01. The number of thiazole rings is 1. The number of nitrogen functional groups attached to an aromatic ring is 1. The summed E-state index contributed by atoms with van der Waals surface area (Å²) in [5.41, 5.74) is 6.23. The third-order valence-corrected chi connectivity index (χ3v) is 4.22. The Hall–Kier alpha value is -0.820. The number of benzene rings is 1. The molecule has 0 radical (unpaired) electrons. The van der Waals surface area contributed by atoms with Crippen LogP contribution in [0.25, 0.3) is 0 Å². The molecule has 1 heterocycles. The lowest BCUT2D eigenvalue weighted by atomic mass is 10.2. The molecule has 0 spiro atoms. The molecule has 0 saturated heterocycles. The first-order chi connectivity index (χ1) is 8.47. The zero-order chi connectivity index (χ0) is 13.3. The zero-order valence-electron chi connectivity index (χ0n) is 8.71. The number of nitrogens with zero attached hydrogens (tertiary/aromatic N) is 1. The summed E-state index contributed by atoms with van der Waals surface area (Å²) in [4.78, 5) is 15.9. The normalized spacial score (nSPS) is 10.4. The molecule has 1 amide bonds. The molecule has 0 aliphatic carbocycles. The molecule has 0 saturated carbocycles. The van der Waals surface area contributed by atoms with Crippen molar-refractivity contribution in [3.05, 3.63) is 37.7 Å². The molecule has 0 atom stereocenters. The topological polar surface area (TPSA) is 68.0 Å². The van der Waals surface area contributed by atoms with Gasteiger partial charge in [0, 0.05) is 5.56 Å². The van der Waals surface area contributed by atoms with Crippen LogP contribution in [0.15, 0.2) is 22.1 Å². The molecule has 4 nitrogen and oxygen atoms in total. The number of nitrogens with one attached hydrogen (secondary N) is 1. The highest BCUT2D eigenvalue weighted by molar-refractivity contribution is 9.11. The summed E-state index contributed by atoms with van der Waals surface area (Å²) < 4.78 is 0.825. The standard InChI is InChI=1S/C10H6BrCl2N3OS/c11-7-3-15-10(18-7)16-9(17)4-1-5(12)8(13)6(14)2-4/h1-3H,14H2,(H,15,16,17). The second kappa shape index (κ2) is 5.44. The molecule has 8 heteroatoms. The molecule has 3 N–H and O–H groups in total. The predicted molar refractivity (Wildman–Crippen MR) is 78.6 cm³/mol. The highest BCUT2D eigenvalue weighted by Gasteiger charge is 2.12. The van der Waals surface area contributed by atoms with Gasteiger partial charge in [0.1, 0.15) is 0 Å². The van der Waals surface area contributed by atoms with Crippen molar-refractivity contribution in [2.75, 3.05) is 11.1 Å². The number of anilines is 2. The van der Waals surface area contributed by atoms with Gasteiger partial charge in [-0.2, -0.15) is 0 Å². The van der Waals surface area contributed by atoms with E-state index in [9.17, 15) is 4.79 Å². The Morgan fingerprint density at radius 3 is 2.72 bits per heavy atom. The number of hydrogen-bond acceptors (Lipinski definition) is 4. The maximum atomic E-state index is 11.9. The minimum Gasteiger partial charge on any atom is -0.397 e. The van der Waals surface area contributed by atoms with Gasteiger partial charge in [-0.3, -0.25) is 10.1 Å². The molecule has 0 aliphatic rings. The Kier molecular flexibility index (Phi) is 4.11. The van der Waals surface area contributed by atoms with Crippen LogP contribution >= 0.6 is 50.5 Å². The minimum atomic E-state index is -0.345. The lowest BCUT2D eigenvalue weighted by Crippen LogP contribution is -2.12. The summed E-state index contributed by atoms with van der Waals surface area (Å²) in [7, 11) is 0. The van der Waals surface area contributed by atoms with Gasteiger partial charge in [-0.1, -0.05) is 34.5 Å². The molecule has 94 valence electrons. The molecule has 18 heavy (non-hydrogen) atoms. The highest BCUT2D eigenvalue weighted by Crippen LogP contribution is 2.30. The summed E-state index contributed by atoms with van der Waals surface area (Å²) in [6.45, 7) is 0. The third-order valence-electron chi connectivity index (χ3n) is 2.02. The van der Waals surface area contributed by atoms with Gasteiger partial charge < -0.3 is 5.73 Å². The number of hydrogen-bond donors (Lipinski definition) is 2. The first-order valence-electron chi connectivity index (χ1n) is 4.64. The van der Waals surface area contributed by atoms with Crippen molar-refractivity contribution < 1.29 is 4.79 Å². The van der Waals surface area contributed by atoms with Gasteiger partial charge in [0.15, 0.2) is 5.13 Å². The average molecular weight is 367 g/mol. The van der Waals surface area contributed by atoms with Crippen molar-refractivity contribution >= 4 is 67.2 Å². The highest BCUT2D eigenvalue weighted by atomic mass is 79.9. The van der Waals surface area contributed by atoms with E-state index in [1.54, 1.807) is 6.20 Å². The van der Waals surface area contributed by atoms with Gasteiger partial charge in [-0.05, 0) is 28.1 Å². The van der Waals surface area contributed by atoms with Gasteiger partial charge in [0.05, 0.1) is 25.7 Å². The van der Waals surface area contributed by atoms with E-state index >= 15 is 0 Å². The summed E-state index contributed by atoms with van der Waals surface area (Å²) in [6.07, 6.45) is 1.60. The summed E-state index contributed by atoms with van der Waals surface area (Å²) in [5, 5.41) is 3.60. The van der Waals surface area contributed by atoms with Gasteiger partial charge in [-0.25, -0.2) is 4.98 Å². The van der Waals surface area contributed by atoms with E-state index in [4.69, 9.17) is 28.9 Å². The van der Waals surface area contributed by atoms with Crippen molar-refractivity contribution in [1.29, 1.82) is 0 Å². The lowest BCUT2D eigenvalue weighted by molar-refractivity contribution is 0.102. The summed E-state index contributed by atoms with van der Waals surface area (Å²) >= 11 is 16.2.